The molecule has 0 saturated heterocycles. The van der Waals surface area contributed by atoms with Crippen molar-refractivity contribution in [3.8, 4) is 11.5 Å². The molecule has 0 radical (unpaired) electrons. The first-order valence-electron chi connectivity index (χ1n) is 9.14. The largest absolute Gasteiger partial charge is 0.454 e. The molecular formula is C22H24N2O3. The van der Waals surface area contributed by atoms with Crippen molar-refractivity contribution in [3.05, 3.63) is 48.2 Å². The lowest BCUT2D eigenvalue weighted by atomic mass is 9.88. The van der Waals surface area contributed by atoms with Gasteiger partial charge in [-0.05, 0) is 39.0 Å². The molecule has 4 rings (SSSR count). The Balaban J connectivity index is 1.76. The van der Waals surface area contributed by atoms with Crippen molar-refractivity contribution in [2.45, 2.75) is 45.6 Å². The number of fused-ring (bicyclic) bond motifs is 2. The van der Waals surface area contributed by atoms with E-state index in [-0.39, 0.29) is 11.5 Å². The van der Waals surface area contributed by atoms with Crippen LogP contribution in [-0.4, -0.2) is 23.2 Å². The molecule has 140 valence electrons. The molecule has 3 aromatic rings. The highest BCUT2D eigenvalue weighted by Crippen LogP contribution is 2.42. The molecule has 5 nitrogen and oxygen atoms in total. The topological polar surface area (TPSA) is 55.6 Å². The van der Waals surface area contributed by atoms with Gasteiger partial charge in [0, 0.05) is 29.1 Å². The van der Waals surface area contributed by atoms with E-state index in [4.69, 9.17) is 9.15 Å². The molecule has 27 heavy (non-hydrogen) atoms. The summed E-state index contributed by atoms with van der Waals surface area (Å²) in [7, 11) is 0. The summed E-state index contributed by atoms with van der Waals surface area (Å²) in [5, 5.41) is 1.03. The Morgan fingerprint density at radius 3 is 2.67 bits per heavy atom. The number of aromatic nitrogens is 1. The highest BCUT2D eigenvalue weighted by molar-refractivity contribution is 5.92. The van der Waals surface area contributed by atoms with Crippen LogP contribution in [-0.2, 0) is 10.2 Å². The van der Waals surface area contributed by atoms with Crippen LogP contribution in [0.4, 0.5) is 10.5 Å². The molecule has 0 unspecified atom stereocenters. The molecule has 1 aliphatic rings. The highest BCUT2D eigenvalue weighted by atomic mass is 16.6. The fraction of sp³-hybridized carbons (Fsp3) is 0.364. The molecule has 1 aliphatic heterocycles. The number of rotatable bonds is 1. The third kappa shape index (κ3) is 3.18. The first kappa shape index (κ1) is 17.6. The molecule has 0 fully saturated rings. The van der Waals surface area contributed by atoms with Gasteiger partial charge in [-0.25, -0.2) is 4.79 Å². The Labute approximate surface area is 158 Å². The van der Waals surface area contributed by atoms with Crippen molar-refractivity contribution in [2.24, 2.45) is 0 Å². The van der Waals surface area contributed by atoms with Gasteiger partial charge in [0.1, 0.15) is 16.9 Å². The van der Waals surface area contributed by atoms with Crippen LogP contribution in [0.15, 0.2) is 47.0 Å². The van der Waals surface area contributed by atoms with E-state index in [1.54, 1.807) is 4.90 Å². The number of hydrogen-bond donors (Lipinski definition) is 0. The minimum Gasteiger partial charge on any atom is -0.454 e. The van der Waals surface area contributed by atoms with Crippen LogP contribution in [0.3, 0.4) is 0 Å². The van der Waals surface area contributed by atoms with E-state index < -0.39 is 5.60 Å². The second-order valence-corrected chi connectivity index (χ2v) is 8.69. The Hall–Kier alpha value is -2.82. The lowest BCUT2D eigenvalue weighted by Crippen LogP contribution is -2.38. The van der Waals surface area contributed by atoms with Gasteiger partial charge in [-0.3, -0.25) is 9.88 Å². The van der Waals surface area contributed by atoms with Gasteiger partial charge in [0.2, 0.25) is 0 Å². The molecule has 1 amide bonds. The number of ether oxygens (including phenoxy) is 1. The van der Waals surface area contributed by atoms with Crippen LogP contribution in [0, 0.1) is 0 Å². The number of hydrogen-bond acceptors (Lipinski definition) is 4. The predicted molar refractivity (Wildman–Crippen MR) is 106 cm³/mol. The molecule has 0 N–H and O–H groups in total. The van der Waals surface area contributed by atoms with Gasteiger partial charge < -0.3 is 9.15 Å². The summed E-state index contributed by atoms with van der Waals surface area (Å²) in [6, 6.07) is 11.8. The Morgan fingerprint density at radius 1 is 1.22 bits per heavy atom. The first-order valence-corrected chi connectivity index (χ1v) is 9.14. The zero-order valence-corrected chi connectivity index (χ0v) is 16.4. The number of nitrogens with zero attached hydrogens (tertiary/aromatic N) is 2. The third-order valence-corrected chi connectivity index (χ3v) is 4.75. The van der Waals surface area contributed by atoms with Gasteiger partial charge >= 0.3 is 6.09 Å². The first-order chi connectivity index (χ1) is 12.6. The summed E-state index contributed by atoms with van der Waals surface area (Å²) in [5.41, 5.74) is 2.66. The predicted octanol–water partition coefficient (Wildman–Crippen LogP) is 5.53. The van der Waals surface area contributed by atoms with Gasteiger partial charge in [-0.2, -0.15) is 0 Å². The van der Waals surface area contributed by atoms with E-state index in [2.05, 4.69) is 18.8 Å². The van der Waals surface area contributed by atoms with E-state index in [1.165, 1.54) is 0 Å². The van der Waals surface area contributed by atoms with Crippen molar-refractivity contribution < 1.29 is 13.9 Å². The Kier molecular flexibility index (Phi) is 3.81. The second kappa shape index (κ2) is 5.84. The highest BCUT2D eigenvalue weighted by Gasteiger charge is 2.40. The van der Waals surface area contributed by atoms with Crippen LogP contribution in [0.2, 0.25) is 0 Å². The van der Waals surface area contributed by atoms with Crippen molar-refractivity contribution in [1.82, 2.24) is 4.98 Å². The normalized spacial score (nSPS) is 15.8. The smallest absolute Gasteiger partial charge is 0.414 e. The van der Waals surface area contributed by atoms with E-state index in [9.17, 15) is 4.79 Å². The number of amides is 1. The monoisotopic (exact) mass is 364 g/mol. The SMILES string of the molecule is CC(C)(C)OC(=O)N1CC(C)(C)c2cnc(-c3cc4ccccc4o3)cc21. The number of benzene rings is 1. The summed E-state index contributed by atoms with van der Waals surface area (Å²) in [5.74, 6) is 0.688. The summed E-state index contributed by atoms with van der Waals surface area (Å²) >= 11 is 0. The number of anilines is 1. The van der Waals surface area contributed by atoms with E-state index in [1.807, 2.05) is 63.4 Å². The summed E-state index contributed by atoms with van der Waals surface area (Å²) < 4.78 is 11.6. The summed E-state index contributed by atoms with van der Waals surface area (Å²) in [6.07, 6.45) is 1.51. The van der Waals surface area contributed by atoms with Crippen LogP contribution in [0.5, 0.6) is 0 Å². The third-order valence-electron chi connectivity index (χ3n) is 4.75. The van der Waals surface area contributed by atoms with Crippen molar-refractivity contribution in [2.75, 3.05) is 11.4 Å². The molecule has 0 bridgehead atoms. The van der Waals surface area contributed by atoms with Crippen molar-refractivity contribution in [3.63, 3.8) is 0 Å². The minimum absolute atomic E-state index is 0.189. The van der Waals surface area contributed by atoms with Gasteiger partial charge in [-0.15, -0.1) is 0 Å². The fourth-order valence-electron chi connectivity index (χ4n) is 3.48. The molecule has 0 saturated carbocycles. The molecule has 3 heterocycles. The standard InChI is InChI=1S/C22H24N2O3/c1-21(2,3)27-20(25)24-13-22(4,5)15-12-23-16(11-17(15)24)19-10-14-8-6-7-9-18(14)26-19/h6-12H,13H2,1-5H3. The molecule has 2 aromatic heterocycles. The zero-order valence-electron chi connectivity index (χ0n) is 16.4. The zero-order chi connectivity index (χ0) is 19.4. The Bertz CT molecular complexity index is 994. The van der Waals surface area contributed by atoms with Crippen molar-refractivity contribution in [1.29, 1.82) is 0 Å². The maximum atomic E-state index is 12.8. The average molecular weight is 364 g/mol. The van der Waals surface area contributed by atoms with Gasteiger partial charge in [0.05, 0.1) is 5.69 Å². The quantitative estimate of drug-likeness (QED) is 0.570. The number of pyridine rings is 1. The maximum absolute atomic E-state index is 12.8. The molecule has 0 aliphatic carbocycles. The number of carbonyl (C=O) groups is 1. The van der Waals surface area contributed by atoms with Crippen LogP contribution >= 0.6 is 0 Å². The van der Waals surface area contributed by atoms with Gasteiger partial charge in [0.15, 0.2) is 5.76 Å². The van der Waals surface area contributed by atoms with Gasteiger partial charge in [-0.1, -0.05) is 32.0 Å². The molecule has 0 atom stereocenters. The lowest BCUT2D eigenvalue weighted by molar-refractivity contribution is 0.0579. The van der Waals surface area contributed by atoms with Crippen LogP contribution in [0.25, 0.3) is 22.4 Å². The average Bonchev–Trinajstić information content (AvgIpc) is 3.12. The van der Waals surface area contributed by atoms with Crippen LogP contribution in [0.1, 0.15) is 40.2 Å². The molecule has 0 spiro atoms. The number of carbonyl (C=O) groups excluding carboxylic acids is 1. The Morgan fingerprint density at radius 2 is 1.96 bits per heavy atom. The van der Waals surface area contributed by atoms with E-state index in [0.29, 0.717) is 18.0 Å². The van der Waals surface area contributed by atoms with Gasteiger partial charge in [0.25, 0.3) is 0 Å². The van der Waals surface area contributed by atoms with E-state index >= 15 is 0 Å². The van der Waals surface area contributed by atoms with Crippen LogP contribution < -0.4 is 4.90 Å². The molecule has 5 heteroatoms. The van der Waals surface area contributed by atoms with Crippen molar-refractivity contribution >= 4 is 22.7 Å². The number of furan rings is 1. The summed E-state index contributed by atoms with van der Waals surface area (Å²) in [6.45, 7) is 10.4. The second-order valence-electron chi connectivity index (χ2n) is 8.69. The summed E-state index contributed by atoms with van der Waals surface area (Å²) in [4.78, 5) is 19.1. The molecule has 1 aromatic carbocycles. The molecular weight excluding hydrogens is 340 g/mol. The van der Waals surface area contributed by atoms with E-state index in [0.717, 1.165) is 22.2 Å². The minimum atomic E-state index is -0.543. The fourth-order valence-corrected chi connectivity index (χ4v) is 3.48. The maximum Gasteiger partial charge on any atom is 0.414 e. The lowest BCUT2D eigenvalue weighted by Gasteiger charge is -2.26. The number of para-hydroxylation sites is 1.